The predicted molar refractivity (Wildman–Crippen MR) is 109 cm³/mol. The van der Waals surface area contributed by atoms with Crippen molar-refractivity contribution >= 4 is 11.8 Å². The molecule has 0 aromatic heterocycles. The molecule has 0 heterocycles. The van der Waals surface area contributed by atoms with E-state index in [4.69, 9.17) is 4.74 Å². The van der Waals surface area contributed by atoms with Crippen molar-refractivity contribution in [3.63, 3.8) is 0 Å². The maximum Gasteiger partial charge on any atom is 0.0560 e. The van der Waals surface area contributed by atoms with Crippen molar-refractivity contribution in [1.29, 1.82) is 0 Å². The SMILES string of the molecule is CCCCCCCCCCCCCCCCSCCOC(C)C. The third-order valence-corrected chi connectivity index (χ3v) is 5.35. The first-order valence-electron chi connectivity index (χ1n) is 10.5. The van der Waals surface area contributed by atoms with Crippen molar-refractivity contribution in [1.82, 2.24) is 0 Å². The van der Waals surface area contributed by atoms with E-state index in [0.717, 1.165) is 12.4 Å². The second-order valence-corrected chi connectivity index (χ2v) is 8.35. The van der Waals surface area contributed by atoms with Crippen LogP contribution in [0.4, 0.5) is 0 Å². The van der Waals surface area contributed by atoms with E-state index in [0.29, 0.717) is 6.10 Å². The summed E-state index contributed by atoms with van der Waals surface area (Å²) in [6.07, 6.45) is 20.7. The fraction of sp³-hybridized carbons (Fsp3) is 1.00. The number of thioether (sulfide) groups is 1. The fourth-order valence-corrected chi connectivity index (χ4v) is 3.67. The van der Waals surface area contributed by atoms with Crippen LogP contribution in [0.5, 0.6) is 0 Å². The Balaban J connectivity index is 2.95. The molecule has 0 N–H and O–H groups in total. The van der Waals surface area contributed by atoms with Crippen LogP contribution in [0, 0.1) is 0 Å². The molecule has 0 amide bonds. The Morgan fingerprint density at radius 3 is 1.48 bits per heavy atom. The molecule has 0 aliphatic carbocycles. The van der Waals surface area contributed by atoms with Crippen LogP contribution in [0.25, 0.3) is 0 Å². The zero-order valence-electron chi connectivity index (χ0n) is 16.4. The minimum absolute atomic E-state index is 0.386. The van der Waals surface area contributed by atoms with Crippen LogP contribution in [-0.2, 0) is 4.74 Å². The zero-order valence-corrected chi connectivity index (χ0v) is 17.2. The van der Waals surface area contributed by atoms with E-state index in [9.17, 15) is 0 Å². The van der Waals surface area contributed by atoms with Crippen molar-refractivity contribution < 1.29 is 4.74 Å². The molecule has 0 fully saturated rings. The third-order valence-electron chi connectivity index (χ3n) is 4.32. The van der Waals surface area contributed by atoms with Gasteiger partial charge in [0.2, 0.25) is 0 Å². The van der Waals surface area contributed by atoms with Crippen molar-refractivity contribution in [2.45, 2.75) is 117 Å². The molecule has 0 radical (unpaired) electrons. The molecule has 0 atom stereocenters. The Hall–Kier alpha value is 0.310. The van der Waals surface area contributed by atoms with Crippen LogP contribution in [0.3, 0.4) is 0 Å². The van der Waals surface area contributed by atoms with Crippen LogP contribution in [-0.4, -0.2) is 24.2 Å². The molecule has 2 heteroatoms. The van der Waals surface area contributed by atoms with Gasteiger partial charge in [-0.2, -0.15) is 11.8 Å². The summed E-state index contributed by atoms with van der Waals surface area (Å²) in [5.74, 6) is 2.48. The van der Waals surface area contributed by atoms with Crippen LogP contribution in [0.15, 0.2) is 0 Å². The molecule has 0 aromatic carbocycles. The maximum atomic E-state index is 5.55. The van der Waals surface area contributed by atoms with Crippen molar-refractivity contribution in [2.24, 2.45) is 0 Å². The van der Waals surface area contributed by atoms with Gasteiger partial charge in [0.05, 0.1) is 12.7 Å². The molecule has 1 nitrogen and oxygen atoms in total. The molecule has 0 aromatic rings. The molecule has 0 spiro atoms. The Morgan fingerprint density at radius 2 is 1.04 bits per heavy atom. The van der Waals surface area contributed by atoms with Gasteiger partial charge in [-0.25, -0.2) is 0 Å². The molecule has 0 unspecified atom stereocenters. The first kappa shape index (κ1) is 23.3. The summed E-state index contributed by atoms with van der Waals surface area (Å²) < 4.78 is 5.55. The van der Waals surface area contributed by atoms with Gasteiger partial charge in [-0.05, 0) is 26.0 Å². The second-order valence-electron chi connectivity index (χ2n) is 7.13. The van der Waals surface area contributed by atoms with E-state index in [2.05, 4.69) is 32.5 Å². The smallest absolute Gasteiger partial charge is 0.0560 e. The highest BCUT2D eigenvalue weighted by atomic mass is 32.2. The minimum atomic E-state index is 0.386. The van der Waals surface area contributed by atoms with E-state index in [-0.39, 0.29) is 0 Å². The van der Waals surface area contributed by atoms with Crippen LogP contribution >= 0.6 is 11.8 Å². The largest absolute Gasteiger partial charge is 0.378 e. The van der Waals surface area contributed by atoms with E-state index in [1.807, 2.05) is 0 Å². The van der Waals surface area contributed by atoms with E-state index in [1.165, 1.54) is 95.6 Å². The molecule has 0 saturated carbocycles. The van der Waals surface area contributed by atoms with Gasteiger partial charge < -0.3 is 4.74 Å². The van der Waals surface area contributed by atoms with Gasteiger partial charge in [0, 0.05) is 5.75 Å². The summed E-state index contributed by atoms with van der Waals surface area (Å²) in [5, 5.41) is 0. The second kappa shape index (κ2) is 20.4. The maximum absolute atomic E-state index is 5.55. The number of hydrogen-bond donors (Lipinski definition) is 0. The third kappa shape index (κ3) is 22.3. The topological polar surface area (TPSA) is 9.23 Å². The Kier molecular flexibility index (Phi) is 20.6. The standard InChI is InChI=1S/C21H44OS/c1-4-5-6-7-8-9-10-11-12-13-14-15-16-17-19-23-20-18-22-21(2)3/h21H,4-20H2,1-3H3. The highest BCUT2D eigenvalue weighted by Crippen LogP contribution is 2.13. The van der Waals surface area contributed by atoms with Crippen LogP contribution in [0.2, 0.25) is 0 Å². The van der Waals surface area contributed by atoms with Gasteiger partial charge in [-0.3, -0.25) is 0 Å². The van der Waals surface area contributed by atoms with E-state index >= 15 is 0 Å². The van der Waals surface area contributed by atoms with Gasteiger partial charge in [0.1, 0.15) is 0 Å². The van der Waals surface area contributed by atoms with Crippen molar-refractivity contribution in [3.8, 4) is 0 Å². The quantitative estimate of drug-likeness (QED) is 0.223. The number of unbranched alkanes of at least 4 members (excludes halogenated alkanes) is 13. The van der Waals surface area contributed by atoms with Crippen LogP contribution in [0.1, 0.15) is 111 Å². The Labute approximate surface area is 151 Å². The average molecular weight is 345 g/mol. The summed E-state index contributed by atoms with van der Waals surface area (Å²) in [4.78, 5) is 0. The average Bonchev–Trinajstić information content (AvgIpc) is 2.53. The van der Waals surface area contributed by atoms with Crippen molar-refractivity contribution in [2.75, 3.05) is 18.1 Å². The summed E-state index contributed by atoms with van der Waals surface area (Å²) >= 11 is 2.05. The predicted octanol–water partition coefficient (Wildman–Crippen LogP) is 7.63. The highest BCUT2D eigenvalue weighted by Gasteiger charge is 1.96. The Bertz CT molecular complexity index is 206. The summed E-state index contributed by atoms with van der Waals surface area (Å²) in [6.45, 7) is 7.43. The van der Waals surface area contributed by atoms with Crippen LogP contribution < -0.4 is 0 Å². The number of hydrogen-bond acceptors (Lipinski definition) is 2. The monoisotopic (exact) mass is 344 g/mol. The zero-order chi connectivity index (χ0) is 17.0. The summed E-state index contributed by atoms with van der Waals surface area (Å²) in [7, 11) is 0. The summed E-state index contributed by atoms with van der Waals surface area (Å²) in [6, 6.07) is 0. The molecule has 140 valence electrons. The fourth-order valence-electron chi connectivity index (χ4n) is 2.84. The molecule has 23 heavy (non-hydrogen) atoms. The van der Waals surface area contributed by atoms with Gasteiger partial charge >= 0.3 is 0 Å². The lowest BCUT2D eigenvalue weighted by atomic mass is 10.0. The molecule has 0 aliphatic rings. The number of ether oxygens (including phenoxy) is 1. The lowest BCUT2D eigenvalue weighted by molar-refractivity contribution is 0.0920. The first-order chi connectivity index (χ1) is 11.3. The number of rotatable bonds is 19. The van der Waals surface area contributed by atoms with Gasteiger partial charge in [0.15, 0.2) is 0 Å². The minimum Gasteiger partial charge on any atom is -0.378 e. The Morgan fingerprint density at radius 1 is 0.609 bits per heavy atom. The molecule has 0 saturated heterocycles. The first-order valence-corrected chi connectivity index (χ1v) is 11.6. The molecular formula is C21H44OS. The molecule has 0 rings (SSSR count). The molecule has 0 bridgehead atoms. The van der Waals surface area contributed by atoms with Crippen molar-refractivity contribution in [3.05, 3.63) is 0 Å². The molecular weight excluding hydrogens is 300 g/mol. The molecule has 0 aliphatic heterocycles. The summed E-state index contributed by atoms with van der Waals surface area (Å²) in [5.41, 5.74) is 0. The van der Waals surface area contributed by atoms with Gasteiger partial charge in [-0.1, -0.05) is 90.4 Å². The highest BCUT2D eigenvalue weighted by molar-refractivity contribution is 7.99. The lowest BCUT2D eigenvalue weighted by Gasteiger charge is -2.06. The van der Waals surface area contributed by atoms with Gasteiger partial charge in [0.25, 0.3) is 0 Å². The van der Waals surface area contributed by atoms with Gasteiger partial charge in [-0.15, -0.1) is 0 Å². The lowest BCUT2D eigenvalue weighted by Crippen LogP contribution is -2.05. The van der Waals surface area contributed by atoms with E-state index in [1.54, 1.807) is 0 Å². The van der Waals surface area contributed by atoms with E-state index < -0.39 is 0 Å². The normalized spacial score (nSPS) is 11.5.